The highest BCUT2D eigenvalue weighted by molar-refractivity contribution is 8.00. The van der Waals surface area contributed by atoms with Crippen molar-refractivity contribution in [2.24, 2.45) is 5.16 Å². The van der Waals surface area contributed by atoms with Gasteiger partial charge >= 0.3 is 5.97 Å². The Morgan fingerprint density at radius 2 is 2.28 bits per heavy atom. The fraction of sp³-hybridized carbons (Fsp3) is 0.273. The van der Waals surface area contributed by atoms with Gasteiger partial charge in [-0.15, -0.1) is 23.1 Å². The van der Waals surface area contributed by atoms with Crippen molar-refractivity contribution in [3.8, 4) is 0 Å². The number of aromatic nitrogens is 2. The summed E-state index contributed by atoms with van der Waals surface area (Å²) in [4.78, 5) is 48.1. The third-order valence-electron chi connectivity index (χ3n) is 5.71. The SMILES string of the molecule is CON=C(C(=O)NC1C(=O)N2C(C(=O)O)=C(C[n+]3ccc4oc(C)cc4c3)CS[C@@H]12)c1csc(N)n1. The average molecular weight is 530 g/mol. The first kappa shape index (κ1) is 23.8. The highest BCUT2D eigenvalue weighted by atomic mass is 32.2. The van der Waals surface area contributed by atoms with Gasteiger partial charge < -0.3 is 25.4 Å². The molecule has 0 aromatic carbocycles. The van der Waals surface area contributed by atoms with Crippen LogP contribution in [0.3, 0.4) is 0 Å². The summed E-state index contributed by atoms with van der Waals surface area (Å²) < 4.78 is 7.45. The molecule has 0 aliphatic carbocycles. The van der Waals surface area contributed by atoms with Crippen LogP contribution in [0, 0.1) is 6.92 Å². The van der Waals surface area contributed by atoms with Gasteiger partial charge in [0.1, 0.15) is 41.3 Å². The summed E-state index contributed by atoms with van der Waals surface area (Å²) in [5.41, 5.74) is 6.99. The number of nitrogen functional groups attached to an aromatic ring is 1. The molecular weight excluding hydrogens is 508 g/mol. The van der Waals surface area contributed by atoms with Gasteiger partial charge in [0.2, 0.25) is 0 Å². The quantitative estimate of drug-likeness (QED) is 0.174. The number of nitrogens with zero attached hydrogens (tertiary/aromatic N) is 4. The second-order valence-electron chi connectivity index (χ2n) is 8.11. The molecule has 0 bridgehead atoms. The maximum Gasteiger partial charge on any atom is 0.352 e. The largest absolute Gasteiger partial charge is 0.477 e. The number of carbonyl (C=O) groups excluding carboxylic acids is 2. The number of aryl methyl sites for hydroxylation is 1. The first-order valence-corrected chi connectivity index (χ1v) is 12.6. The van der Waals surface area contributed by atoms with E-state index in [2.05, 4.69) is 15.5 Å². The summed E-state index contributed by atoms with van der Waals surface area (Å²) in [6.45, 7) is 2.15. The highest BCUT2D eigenvalue weighted by Crippen LogP contribution is 2.40. The van der Waals surface area contributed by atoms with Crippen molar-refractivity contribution in [2.75, 3.05) is 18.6 Å². The first-order chi connectivity index (χ1) is 17.3. The fourth-order valence-electron chi connectivity index (χ4n) is 4.19. The summed E-state index contributed by atoms with van der Waals surface area (Å²) in [5, 5.41) is 18.4. The lowest BCUT2D eigenvalue weighted by atomic mass is 10.0. The Bertz CT molecular complexity index is 1460. The zero-order chi connectivity index (χ0) is 25.6. The number of thiazole rings is 1. The Morgan fingerprint density at radius 1 is 1.47 bits per heavy atom. The van der Waals surface area contributed by atoms with E-state index in [0.717, 1.165) is 28.1 Å². The van der Waals surface area contributed by atoms with Gasteiger partial charge in [0.05, 0.1) is 5.39 Å². The number of furan rings is 1. The molecule has 1 fully saturated rings. The van der Waals surface area contributed by atoms with E-state index in [0.29, 0.717) is 11.3 Å². The van der Waals surface area contributed by atoms with Crippen LogP contribution in [0.5, 0.6) is 0 Å². The number of anilines is 1. The van der Waals surface area contributed by atoms with Crippen LogP contribution in [0.25, 0.3) is 11.0 Å². The maximum absolute atomic E-state index is 13.0. The number of β-lactam (4-membered cyclic amide) rings is 1. The van der Waals surface area contributed by atoms with Crippen molar-refractivity contribution in [1.82, 2.24) is 15.2 Å². The molecule has 0 spiro atoms. The van der Waals surface area contributed by atoms with E-state index in [4.69, 9.17) is 15.0 Å². The van der Waals surface area contributed by atoms with Crippen LogP contribution in [-0.4, -0.2) is 62.8 Å². The maximum atomic E-state index is 13.0. The molecule has 3 aromatic rings. The number of rotatable bonds is 7. The Hall–Kier alpha value is -3.91. The predicted molar refractivity (Wildman–Crippen MR) is 131 cm³/mol. The number of thioether (sulfide) groups is 1. The number of hydrogen-bond acceptors (Lipinski definition) is 10. The number of carbonyl (C=O) groups is 3. The van der Waals surface area contributed by atoms with Crippen LogP contribution in [0.2, 0.25) is 0 Å². The Balaban J connectivity index is 1.36. The molecule has 0 saturated carbocycles. The van der Waals surface area contributed by atoms with E-state index in [9.17, 15) is 19.5 Å². The lowest BCUT2D eigenvalue weighted by molar-refractivity contribution is -0.687. The molecule has 1 saturated heterocycles. The summed E-state index contributed by atoms with van der Waals surface area (Å²) in [6, 6.07) is 2.80. The summed E-state index contributed by atoms with van der Waals surface area (Å²) >= 11 is 2.51. The molecule has 14 heteroatoms. The third-order valence-corrected chi connectivity index (χ3v) is 7.72. The highest BCUT2D eigenvalue weighted by Gasteiger charge is 2.54. The van der Waals surface area contributed by atoms with Gasteiger partial charge in [0, 0.05) is 22.8 Å². The van der Waals surface area contributed by atoms with E-state index in [1.807, 2.05) is 29.8 Å². The molecule has 2 amide bonds. The number of aliphatic carboxylic acids is 1. The zero-order valence-electron chi connectivity index (χ0n) is 19.1. The molecule has 5 heterocycles. The van der Waals surface area contributed by atoms with Gasteiger partial charge in [-0.1, -0.05) is 5.16 Å². The number of oxime groups is 1. The molecular formula is C22H21N6O6S2+. The molecule has 2 aliphatic heterocycles. The molecule has 1 unspecified atom stereocenters. The monoisotopic (exact) mass is 529 g/mol. The smallest absolute Gasteiger partial charge is 0.352 e. The summed E-state index contributed by atoms with van der Waals surface area (Å²) in [5.74, 6) is -1.24. The van der Waals surface area contributed by atoms with Crippen molar-refractivity contribution in [1.29, 1.82) is 0 Å². The number of fused-ring (bicyclic) bond motifs is 2. The minimum Gasteiger partial charge on any atom is -0.477 e. The number of hydrogen-bond donors (Lipinski definition) is 3. The number of nitrogens with one attached hydrogen (secondary N) is 1. The predicted octanol–water partition coefficient (Wildman–Crippen LogP) is 0.857. The van der Waals surface area contributed by atoms with Crippen LogP contribution in [0.1, 0.15) is 11.5 Å². The second kappa shape index (κ2) is 9.28. The van der Waals surface area contributed by atoms with Crippen molar-refractivity contribution >= 4 is 62.7 Å². The van der Waals surface area contributed by atoms with E-state index in [1.165, 1.54) is 23.8 Å². The summed E-state index contributed by atoms with van der Waals surface area (Å²) in [6.07, 6.45) is 3.68. The van der Waals surface area contributed by atoms with Gasteiger partial charge in [-0.3, -0.25) is 14.5 Å². The van der Waals surface area contributed by atoms with Gasteiger partial charge in [0.25, 0.3) is 11.8 Å². The lowest BCUT2D eigenvalue weighted by Gasteiger charge is -2.49. The third kappa shape index (κ3) is 4.18. The van der Waals surface area contributed by atoms with Gasteiger partial charge in [-0.25, -0.2) is 14.3 Å². The molecule has 186 valence electrons. The van der Waals surface area contributed by atoms with E-state index >= 15 is 0 Å². The molecule has 2 atom stereocenters. The molecule has 0 radical (unpaired) electrons. The Labute approximate surface area is 212 Å². The van der Waals surface area contributed by atoms with Gasteiger partial charge in [-0.2, -0.15) is 0 Å². The van der Waals surface area contributed by atoms with Crippen LogP contribution in [0.15, 0.2) is 50.7 Å². The first-order valence-electron chi connectivity index (χ1n) is 10.7. The van der Waals surface area contributed by atoms with Gasteiger partial charge in [-0.05, 0) is 13.0 Å². The molecule has 4 N–H and O–H groups in total. The normalized spacial score (nSPS) is 19.8. The summed E-state index contributed by atoms with van der Waals surface area (Å²) in [7, 11) is 1.28. The van der Waals surface area contributed by atoms with Crippen molar-refractivity contribution in [2.45, 2.75) is 24.9 Å². The molecule has 2 aliphatic rings. The van der Waals surface area contributed by atoms with Crippen molar-refractivity contribution in [3.05, 3.63) is 52.6 Å². The van der Waals surface area contributed by atoms with Crippen molar-refractivity contribution < 1.29 is 33.3 Å². The minimum absolute atomic E-state index is 0.0664. The molecule has 3 aromatic heterocycles. The standard InChI is InChI=1S/C22H20N6O6S2/c1-10-5-11-6-27(4-3-14(11)34-10)7-12-8-35-20-16(19(30)28(20)17(12)21(31)32)25-18(29)15(26-33-2)13-9-36-22(23)24-13/h3-6,9,16,20H,7-8H2,1-2H3,(H3-,23,24,25,29,31,32)/p+1/t16?,20-/m0/s1. The fourth-order valence-corrected chi connectivity index (χ4v) is 6.08. The molecule has 12 nitrogen and oxygen atoms in total. The topological polar surface area (TPSA) is 164 Å². The van der Waals surface area contributed by atoms with Crippen molar-refractivity contribution in [3.63, 3.8) is 0 Å². The molecule has 36 heavy (non-hydrogen) atoms. The number of pyridine rings is 1. The van der Waals surface area contributed by atoms with E-state index in [-0.39, 0.29) is 28.8 Å². The van der Waals surface area contributed by atoms with Crippen LogP contribution >= 0.6 is 23.1 Å². The molecule has 5 rings (SSSR count). The Morgan fingerprint density at radius 3 is 2.97 bits per heavy atom. The van der Waals surface area contributed by atoms with Crippen LogP contribution in [-0.2, 0) is 25.8 Å². The average Bonchev–Trinajstić information content (AvgIpc) is 3.44. The van der Waals surface area contributed by atoms with Crippen LogP contribution < -0.4 is 15.6 Å². The van der Waals surface area contributed by atoms with E-state index in [1.54, 1.807) is 11.6 Å². The number of nitrogens with two attached hydrogens (primary N) is 1. The van der Waals surface area contributed by atoms with E-state index < -0.39 is 29.2 Å². The zero-order valence-corrected chi connectivity index (χ0v) is 20.8. The van der Waals surface area contributed by atoms with Gasteiger partial charge in [0.15, 0.2) is 29.8 Å². The second-order valence-corrected chi connectivity index (χ2v) is 10.1. The minimum atomic E-state index is -1.20. The Kier molecular flexibility index (Phi) is 6.14. The van der Waals surface area contributed by atoms with Crippen LogP contribution in [0.4, 0.5) is 5.13 Å². The lowest BCUT2D eigenvalue weighted by Crippen LogP contribution is -2.71. The number of carboxylic acid groups (broad SMARTS) is 1. The number of amides is 2. The number of carboxylic acids is 1.